The molecule has 114 valence electrons. The second-order valence-electron chi connectivity index (χ2n) is 5.23. The summed E-state index contributed by atoms with van der Waals surface area (Å²) in [4.78, 5) is 2.25. The Morgan fingerprint density at radius 2 is 1.80 bits per heavy atom. The molecule has 0 saturated heterocycles. The highest BCUT2D eigenvalue weighted by molar-refractivity contribution is 7.89. The number of hydrogen-bond donors (Lipinski definition) is 1. The van der Waals surface area contributed by atoms with Gasteiger partial charge in [-0.3, -0.25) is 0 Å². The average molecular weight is 299 g/mol. The first kappa shape index (κ1) is 16.9. The van der Waals surface area contributed by atoms with Gasteiger partial charge in [0.05, 0.1) is 4.90 Å². The van der Waals surface area contributed by atoms with Crippen LogP contribution in [0.25, 0.3) is 0 Å². The van der Waals surface area contributed by atoms with Crippen molar-refractivity contribution in [3.63, 3.8) is 0 Å². The summed E-state index contributed by atoms with van der Waals surface area (Å²) in [6.07, 6.45) is 0.786. The van der Waals surface area contributed by atoms with Gasteiger partial charge in [-0.2, -0.15) is 4.31 Å². The van der Waals surface area contributed by atoms with E-state index in [1.807, 2.05) is 32.8 Å². The number of nitrogens with two attached hydrogens (primary N) is 1. The standard InChI is InChI=1S/C14H25N3O2S/c1-5-8-17(10-9-16(3)4)20(18,19)13-7-6-12(2)14(15)11-13/h6-7,11H,5,8-10,15H2,1-4H3. The van der Waals surface area contributed by atoms with Crippen LogP contribution in [0.3, 0.4) is 0 Å². The maximum Gasteiger partial charge on any atom is 0.243 e. The number of nitrogens with zero attached hydrogens (tertiary/aromatic N) is 2. The molecule has 0 aliphatic carbocycles. The van der Waals surface area contributed by atoms with Gasteiger partial charge in [-0.15, -0.1) is 0 Å². The number of rotatable bonds is 7. The molecule has 0 amide bonds. The van der Waals surface area contributed by atoms with Crippen LogP contribution >= 0.6 is 0 Å². The lowest BCUT2D eigenvalue weighted by Crippen LogP contribution is -2.37. The van der Waals surface area contributed by atoms with Gasteiger partial charge in [0, 0.05) is 25.3 Å². The number of benzene rings is 1. The lowest BCUT2D eigenvalue weighted by atomic mass is 10.2. The normalized spacial score (nSPS) is 12.3. The Labute approximate surface area is 122 Å². The number of likely N-dealkylation sites (N-methyl/N-ethyl adjacent to an activating group) is 1. The summed E-state index contributed by atoms with van der Waals surface area (Å²) in [6, 6.07) is 4.92. The molecule has 1 rings (SSSR count). The molecule has 0 heterocycles. The Hall–Kier alpha value is -1.11. The molecule has 0 unspecified atom stereocenters. The molecule has 0 bridgehead atoms. The highest BCUT2D eigenvalue weighted by atomic mass is 32.2. The van der Waals surface area contributed by atoms with E-state index >= 15 is 0 Å². The van der Waals surface area contributed by atoms with Gasteiger partial charge in [0.15, 0.2) is 0 Å². The Balaban J connectivity index is 3.05. The van der Waals surface area contributed by atoms with Crippen molar-refractivity contribution in [2.24, 2.45) is 0 Å². The van der Waals surface area contributed by atoms with Gasteiger partial charge in [-0.05, 0) is 45.1 Å². The Morgan fingerprint density at radius 1 is 1.15 bits per heavy atom. The van der Waals surface area contributed by atoms with Crippen LogP contribution in [0, 0.1) is 6.92 Å². The molecule has 0 radical (unpaired) electrons. The fourth-order valence-electron chi connectivity index (χ4n) is 1.84. The molecule has 6 heteroatoms. The molecule has 0 spiro atoms. The molecule has 0 fully saturated rings. The number of nitrogen functional groups attached to an aromatic ring is 1. The fraction of sp³-hybridized carbons (Fsp3) is 0.571. The Bertz CT molecular complexity index is 541. The van der Waals surface area contributed by atoms with Crippen LogP contribution in [0.2, 0.25) is 0 Å². The zero-order valence-electron chi connectivity index (χ0n) is 12.8. The van der Waals surface area contributed by atoms with Gasteiger partial charge in [0.2, 0.25) is 10.0 Å². The van der Waals surface area contributed by atoms with Crippen molar-refractivity contribution >= 4 is 15.7 Å². The van der Waals surface area contributed by atoms with Gasteiger partial charge in [0.25, 0.3) is 0 Å². The van der Waals surface area contributed by atoms with Crippen LogP contribution in [-0.2, 0) is 10.0 Å². The minimum absolute atomic E-state index is 0.271. The third kappa shape index (κ3) is 4.19. The van der Waals surface area contributed by atoms with E-state index in [-0.39, 0.29) is 4.90 Å². The molecule has 0 aliphatic rings. The van der Waals surface area contributed by atoms with Crippen molar-refractivity contribution in [2.45, 2.75) is 25.2 Å². The van der Waals surface area contributed by atoms with Crippen molar-refractivity contribution < 1.29 is 8.42 Å². The highest BCUT2D eigenvalue weighted by Crippen LogP contribution is 2.21. The molecule has 0 aliphatic heterocycles. The van der Waals surface area contributed by atoms with Crippen LogP contribution in [0.1, 0.15) is 18.9 Å². The number of sulfonamides is 1. The molecule has 0 atom stereocenters. The average Bonchev–Trinajstić information content (AvgIpc) is 2.37. The van der Waals surface area contributed by atoms with Crippen LogP contribution in [0.15, 0.2) is 23.1 Å². The van der Waals surface area contributed by atoms with E-state index in [0.29, 0.717) is 25.3 Å². The van der Waals surface area contributed by atoms with E-state index < -0.39 is 10.0 Å². The topological polar surface area (TPSA) is 66.6 Å². The summed E-state index contributed by atoms with van der Waals surface area (Å²) in [6.45, 7) is 5.53. The van der Waals surface area contributed by atoms with Crippen LogP contribution in [0.4, 0.5) is 5.69 Å². The summed E-state index contributed by atoms with van der Waals surface area (Å²) >= 11 is 0. The second-order valence-corrected chi connectivity index (χ2v) is 7.16. The second kappa shape index (κ2) is 7.06. The number of aryl methyl sites for hydroxylation is 1. The Kier molecular flexibility index (Phi) is 5.98. The molecule has 1 aromatic carbocycles. The van der Waals surface area contributed by atoms with E-state index in [4.69, 9.17) is 5.73 Å². The molecule has 0 aromatic heterocycles. The van der Waals surface area contributed by atoms with Crippen LogP contribution in [0.5, 0.6) is 0 Å². The fourth-order valence-corrected chi connectivity index (χ4v) is 3.40. The van der Waals surface area contributed by atoms with Crippen molar-refractivity contribution in [1.82, 2.24) is 9.21 Å². The predicted octanol–water partition coefficient (Wildman–Crippen LogP) is 1.54. The molecular weight excluding hydrogens is 274 g/mol. The van der Waals surface area contributed by atoms with E-state index in [1.54, 1.807) is 18.2 Å². The van der Waals surface area contributed by atoms with E-state index in [2.05, 4.69) is 0 Å². The summed E-state index contributed by atoms with van der Waals surface area (Å²) in [5.74, 6) is 0. The first-order valence-corrected chi connectivity index (χ1v) is 8.24. The monoisotopic (exact) mass is 299 g/mol. The largest absolute Gasteiger partial charge is 0.398 e. The van der Waals surface area contributed by atoms with Crippen LogP contribution in [-0.4, -0.2) is 51.4 Å². The molecule has 20 heavy (non-hydrogen) atoms. The molecule has 0 saturated carbocycles. The third-order valence-electron chi connectivity index (χ3n) is 3.16. The van der Waals surface area contributed by atoms with Gasteiger partial charge in [-0.25, -0.2) is 8.42 Å². The summed E-state index contributed by atoms with van der Waals surface area (Å²) in [5.41, 5.74) is 7.22. The first-order valence-electron chi connectivity index (χ1n) is 6.80. The summed E-state index contributed by atoms with van der Waals surface area (Å²) in [5, 5.41) is 0. The molecule has 2 N–H and O–H groups in total. The third-order valence-corrected chi connectivity index (χ3v) is 5.05. The molecule has 5 nitrogen and oxygen atoms in total. The van der Waals surface area contributed by atoms with E-state index in [1.165, 1.54) is 4.31 Å². The quantitative estimate of drug-likeness (QED) is 0.776. The van der Waals surface area contributed by atoms with Crippen molar-refractivity contribution in [3.05, 3.63) is 23.8 Å². The highest BCUT2D eigenvalue weighted by Gasteiger charge is 2.24. The van der Waals surface area contributed by atoms with Gasteiger partial charge < -0.3 is 10.6 Å². The minimum atomic E-state index is -3.47. The van der Waals surface area contributed by atoms with E-state index in [9.17, 15) is 8.42 Å². The maximum atomic E-state index is 12.7. The predicted molar refractivity (Wildman–Crippen MR) is 83.2 cm³/mol. The van der Waals surface area contributed by atoms with Crippen molar-refractivity contribution in [3.8, 4) is 0 Å². The maximum absolute atomic E-state index is 12.7. The van der Waals surface area contributed by atoms with Crippen molar-refractivity contribution in [1.29, 1.82) is 0 Å². The van der Waals surface area contributed by atoms with Crippen LogP contribution < -0.4 is 5.73 Å². The Morgan fingerprint density at radius 3 is 2.30 bits per heavy atom. The minimum Gasteiger partial charge on any atom is -0.398 e. The molecular formula is C14H25N3O2S. The summed E-state index contributed by atoms with van der Waals surface area (Å²) < 4.78 is 26.8. The lowest BCUT2D eigenvalue weighted by molar-refractivity contribution is 0.333. The zero-order chi connectivity index (χ0) is 15.3. The van der Waals surface area contributed by atoms with Gasteiger partial charge in [0.1, 0.15) is 0 Å². The first-order chi connectivity index (χ1) is 9.28. The van der Waals surface area contributed by atoms with E-state index in [0.717, 1.165) is 12.0 Å². The smallest absolute Gasteiger partial charge is 0.243 e. The zero-order valence-corrected chi connectivity index (χ0v) is 13.6. The van der Waals surface area contributed by atoms with Gasteiger partial charge in [-0.1, -0.05) is 13.0 Å². The number of hydrogen-bond acceptors (Lipinski definition) is 4. The lowest BCUT2D eigenvalue weighted by Gasteiger charge is -2.23. The summed E-state index contributed by atoms with van der Waals surface area (Å²) in [7, 11) is 0.391. The SMILES string of the molecule is CCCN(CCN(C)C)S(=O)(=O)c1ccc(C)c(N)c1. The van der Waals surface area contributed by atoms with Gasteiger partial charge >= 0.3 is 0 Å². The van der Waals surface area contributed by atoms with Crippen molar-refractivity contribution in [2.75, 3.05) is 39.5 Å². The number of anilines is 1. The molecule has 1 aromatic rings.